The standard InChI is InChI=1S/C20H29N5/c1-24-10-12-25(13-11-24)20(7-3-2-4-8-20)16-23-18-15-21-14-17-6-5-9-22-19(17)18/h5-6,9,14-15,23H,2-4,7-8,10-13,16H2,1H3. The van der Waals surface area contributed by atoms with Crippen LogP contribution in [0.1, 0.15) is 32.1 Å². The first-order valence-electron chi connectivity index (χ1n) is 9.63. The van der Waals surface area contributed by atoms with Crippen LogP contribution >= 0.6 is 0 Å². The van der Waals surface area contributed by atoms with Gasteiger partial charge in [0.15, 0.2) is 0 Å². The minimum absolute atomic E-state index is 0.288. The van der Waals surface area contributed by atoms with E-state index in [1.807, 2.05) is 24.7 Å². The minimum Gasteiger partial charge on any atom is -0.380 e. The van der Waals surface area contributed by atoms with Gasteiger partial charge in [-0.3, -0.25) is 14.9 Å². The predicted molar refractivity (Wildman–Crippen MR) is 103 cm³/mol. The van der Waals surface area contributed by atoms with Gasteiger partial charge in [0.1, 0.15) is 0 Å². The molecule has 0 radical (unpaired) electrons. The maximum Gasteiger partial charge on any atom is 0.0964 e. The van der Waals surface area contributed by atoms with Gasteiger partial charge >= 0.3 is 0 Å². The summed E-state index contributed by atoms with van der Waals surface area (Å²) in [5, 5.41) is 4.83. The number of anilines is 1. The highest BCUT2D eigenvalue weighted by atomic mass is 15.3. The molecular weight excluding hydrogens is 310 g/mol. The minimum atomic E-state index is 0.288. The molecule has 1 aliphatic carbocycles. The van der Waals surface area contributed by atoms with Crippen LogP contribution in [-0.2, 0) is 0 Å². The van der Waals surface area contributed by atoms with Crippen LogP contribution in [0.15, 0.2) is 30.7 Å². The van der Waals surface area contributed by atoms with Gasteiger partial charge in [-0.05, 0) is 32.0 Å². The van der Waals surface area contributed by atoms with Crippen molar-refractivity contribution in [1.82, 2.24) is 19.8 Å². The van der Waals surface area contributed by atoms with Crippen molar-refractivity contribution < 1.29 is 0 Å². The summed E-state index contributed by atoms with van der Waals surface area (Å²) in [6, 6.07) is 4.05. The first-order chi connectivity index (χ1) is 12.3. The zero-order valence-electron chi connectivity index (χ0n) is 15.2. The molecule has 2 fully saturated rings. The monoisotopic (exact) mass is 339 g/mol. The number of aromatic nitrogens is 2. The van der Waals surface area contributed by atoms with Crippen LogP contribution in [0.5, 0.6) is 0 Å². The van der Waals surface area contributed by atoms with Gasteiger partial charge in [0.25, 0.3) is 0 Å². The second-order valence-electron chi connectivity index (χ2n) is 7.69. The SMILES string of the molecule is CN1CCN(C2(CNc3cncc4cccnc34)CCCCC2)CC1. The van der Waals surface area contributed by atoms with E-state index in [4.69, 9.17) is 0 Å². The van der Waals surface area contributed by atoms with Crippen molar-refractivity contribution in [2.75, 3.05) is 45.1 Å². The van der Waals surface area contributed by atoms with Crippen molar-refractivity contribution in [1.29, 1.82) is 0 Å². The summed E-state index contributed by atoms with van der Waals surface area (Å²) in [6.07, 6.45) is 12.4. The Morgan fingerprint density at radius 1 is 1.08 bits per heavy atom. The molecule has 134 valence electrons. The third kappa shape index (κ3) is 3.48. The summed E-state index contributed by atoms with van der Waals surface area (Å²) in [6.45, 7) is 5.72. The van der Waals surface area contributed by atoms with Gasteiger partial charge in [-0.15, -0.1) is 0 Å². The van der Waals surface area contributed by atoms with E-state index in [0.29, 0.717) is 0 Å². The molecule has 0 amide bonds. The summed E-state index contributed by atoms with van der Waals surface area (Å²) < 4.78 is 0. The molecule has 2 aliphatic rings. The number of piperazine rings is 1. The molecule has 5 heteroatoms. The lowest BCUT2D eigenvalue weighted by Gasteiger charge is -2.49. The summed E-state index contributed by atoms with van der Waals surface area (Å²) >= 11 is 0. The van der Waals surface area contributed by atoms with Crippen LogP contribution in [0.3, 0.4) is 0 Å². The maximum absolute atomic E-state index is 4.57. The Kier molecular flexibility index (Phi) is 4.86. The zero-order valence-corrected chi connectivity index (χ0v) is 15.2. The highest BCUT2D eigenvalue weighted by Crippen LogP contribution is 2.35. The Morgan fingerprint density at radius 2 is 1.88 bits per heavy atom. The third-order valence-electron chi connectivity index (χ3n) is 6.08. The quantitative estimate of drug-likeness (QED) is 0.928. The number of nitrogens with zero attached hydrogens (tertiary/aromatic N) is 4. The highest BCUT2D eigenvalue weighted by molar-refractivity contribution is 5.88. The second-order valence-corrected chi connectivity index (χ2v) is 7.69. The zero-order chi connectivity index (χ0) is 17.1. The molecule has 0 aromatic carbocycles. The van der Waals surface area contributed by atoms with Crippen molar-refractivity contribution in [2.24, 2.45) is 0 Å². The normalized spacial score (nSPS) is 22.1. The number of hydrogen-bond acceptors (Lipinski definition) is 5. The fourth-order valence-electron chi connectivity index (χ4n) is 4.48. The van der Waals surface area contributed by atoms with Crippen molar-refractivity contribution in [3.05, 3.63) is 30.7 Å². The maximum atomic E-state index is 4.57. The molecule has 4 rings (SSSR count). The molecule has 2 aromatic heterocycles. The van der Waals surface area contributed by atoms with E-state index in [1.54, 1.807) is 0 Å². The second kappa shape index (κ2) is 7.26. The van der Waals surface area contributed by atoms with Gasteiger partial charge in [-0.2, -0.15) is 0 Å². The van der Waals surface area contributed by atoms with Gasteiger partial charge < -0.3 is 10.2 Å². The summed E-state index contributed by atoms with van der Waals surface area (Å²) in [4.78, 5) is 14.2. The van der Waals surface area contributed by atoms with E-state index in [-0.39, 0.29) is 5.54 Å². The average Bonchev–Trinajstić information content (AvgIpc) is 2.67. The number of fused-ring (bicyclic) bond motifs is 1. The topological polar surface area (TPSA) is 44.3 Å². The molecule has 0 bridgehead atoms. The Bertz CT molecular complexity index is 697. The molecular formula is C20H29N5. The van der Waals surface area contributed by atoms with Gasteiger partial charge in [-0.25, -0.2) is 0 Å². The fourth-order valence-corrected chi connectivity index (χ4v) is 4.48. The third-order valence-corrected chi connectivity index (χ3v) is 6.08. The van der Waals surface area contributed by atoms with Crippen LogP contribution in [0.2, 0.25) is 0 Å². The first kappa shape index (κ1) is 16.7. The van der Waals surface area contributed by atoms with Crippen LogP contribution < -0.4 is 5.32 Å². The molecule has 1 saturated heterocycles. The smallest absolute Gasteiger partial charge is 0.0964 e. The molecule has 0 spiro atoms. The number of rotatable bonds is 4. The molecule has 1 N–H and O–H groups in total. The molecule has 1 aliphatic heterocycles. The molecule has 5 nitrogen and oxygen atoms in total. The molecule has 2 aromatic rings. The molecule has 0 atom stereocenters. The average molecular weight is 339 g/mol. The lowest BCUT2D eigenvalue weighted by Crippen LogP contribution is -2.60. The van der Waals surface area contributed by atoms with E-state index in [9.17, 15) is 0 Å². The van der Waals surface area contributed by atoms with Gasteiger partial charge in [0.05, 0.1) is 17.4 Å². The Balaban J connectivity index is 1.54. The van der Waals surface area contributed by atoms with E-state index < -0.39 is 0 Å². The summed E-state index contributed by atoms with van der Waals surface area (Å²) in [5.74, 6) is 0. The number of nitrogens with one attached hydrogen (secondary N) is 1. The summed E-state index contributed by atoms with van der Waals surface area (Å²) in [7, 11) is 2.23. The Morgan fingerprint density at radius 3 is 2.68 bits per heavy atom. The fraction of sp³-hybridized carbons (Fsp3) is 0.600. The lowest BCUT2D eigenvalue weighted by atomic mass is 9.79. The molecule has 25 heavy (non-hydrogen) atoms. The molecule has 1 saturated carbocycles. The molecule has 3 heterocycles. The van der Waals surface area contributed by atoms with Gasteiger partial charge in [0.2, 0.25) is 0 Å². The van der Waals surface area contributed by atoms with E-state index in [2.05, 4.69) is 38.2 Å². The van der Waals surface area contributed by atoms with Crippen molar-refractivity contribution in [3.8, 4) is 0 Å². The highest BCUT2D eigenvalue weighted by Gasteiger charge is 2.38. The number of likely N-dealkylation sites (N-methyl/N-ethyl adjacent to an activating group) is 1. The first-order valence-corrected chi connectivity index (χ1v) is 9.63. The van der Waals surface area contributed by atoms with Crippen molar-refractivity contribution in [3.63, 3.8) is 0 Å². The summed E-state index contributed by atoms with van der Waals surface area (Å²) in [5.41, 5.74) is 2.38. The van der Waals surface area contributed by atoms with Crippen LogP contribution in [0.4, 0.5) is 5.69 Å². The largest absolute Gasteiger partial charge is 0.380 e. The van der Waals surface area contributed by atoms with E-state index in [0.717, 1.165) is 23.1 Å². The predicted octanol–water partition coefficient (Wildman–Crippen LogP) is 2.99. The van der Waals surface area contributed by atoms with Crippen molar-refractivity contribution >= 4 is 16.6 Å². The number of pyridine rings is 2. The van der Waals surface area contributed by atoms with Crippen LogP contribution in [-0.4, -0.2) is 65.1 Å². The molecule has 0 unspecified atom stereocenters. The Labute approximate surface area is 150 Å². The van der Waals surface area contributed by atoms with Gasteiger partial charge in [0, 0.05) is 56.0 Å². The number of hydrogen-bond donors (Lipinski definition) is 1. The van der Waals surface area contributed by atoms with Gasteiger partial charge in [-0.1, -0.05) is 19.3 Å². The van der Waals surface area contributed by atoms with Crippen molar-refractivity contribution in [2.45, 2.75) is 37.6 Å². The Hall–Kier alpha value is -1.72. The lowest BCUT2D eigenvalue weighted by molar-refractivity contribution is 0.0221. The van der Waals surface area contributed by atoms with E-state index in [1.165, 1.54) is 58.3 Å². The van der Waals surface area contributed by atoms with Crippen LogP contribution in [0.25, 0.3) is 10.9 Å². The van der Waals surface area contributed by atoms with E-state index >= 15 is 0 Å². The van der Waals surface area contributed by atoms with Crippen LogP contribution in [0, 0.1) is 0 Å².